The largest absolute Gasteiger partial charge is 0.450 e. The van der Waals surface area contributed by atoms with Gasteiger partial charge >= 0.3 is 6.09 Å². The SMILES string of the molecule is CCOC(=O)N[C@@H](C)N1C(=O)[C@@H]2[C@H](C1=O)[C@H]1C=C[C@H]2C1. The van der Waals surface area contributed by atoms with Gasteiger partial charge in [-0.25, -0.2) is 4.79 Å². The van der Waals surface area contributed by atoms with E-state index in [1.54, 1.807) is 13.8 Å². The maximum absolute atomic E-state index is 12.4. The molecule has 0 aromatic rings. The molecule has 108 valence electrons. The number of nitrogens with zero attached hydrogens (tertiary/aromatic N) is 1. The van der Waals surface area contributed by atoms with Crippen LogP contribution in [0, 0.1) is 23.7 Å². The molecular weight excluding hydrogens is 260 g/mol. The summed E-state index contributed by atoms with van der Waals surface area (Å²) in [5.74, 6) is -0.433. The summed E-state index contributed by atoms with van der Waals surface area (Å²) in [5.41, 5.74) is 0. The Hall–Kier alpha value is -1.85. The highest BCUT2D eigenvalue weighted by atomic mass is 16.5. The lowest BCUT2D eigenvalue weighted by molar-refractivity contribution is -0.143. The van der Waals surface area contributed by atoms with Crippen LogP contribution in [-0.4, -0.2) is 35.6 Å². The van der Waals surface area contributed by atoms with Gasteiger partial charge in [-0.2, -0.15) is 0 Å². The highest BCUT2D eigenvalue weighted by Crippen LogP contribution is 2.52. The number of nitrogens with one attached hydrogen (secondary N) is 1. The molecule has 2 bridgehead atoms. The van der Waals surface area contributed by atoms with Crippen molar-refractivity contribution >= 4 is 17.9 Å². The van der Waals surface area contributed by atoms with Gasteiger partial charge in [0.1, 0.15) is 6.17 Å². The molecule has 1 aliphatic heterocycles. The summed E-state index contributed by atoms with van der Waals surface area (Å²) in [6.07, 6.45) is 3.71. The smallest absolute Gasteiger partial charge is 0.408 e. The molecule has 3 amide bonds. The van der Waals surface area contributed by atoms with E-state index in [-0.39, 0.29) is 42.1 Å². The molecule has 20 heavy (non-hydrogen) atoms. The van der Waals surface area contributed by atoms with E-state index >= 15 is 0 Å². The van der Waals surface area contributed by atoms with Crippen molar-refractivity contribution in [2.75, 3.05) is 6.61 Å². The van der Waals surface area contributed by atoms with E-state index in [2.05, 4.69) is 5.32 Å². The number of hydrogen-bond acceptors (Lipinski definition) is 4. The zero-order valence-electron chi connectivity index (χ0n) is 11.5. The molecule has 6 heteroatoms. The van der Waals surface area contributed by atoms with Crippen molar-refractivity contribution in [3.63, 3.8) is 0 Å². The fraction of sp³-hybridized carbons (Fsp3) is 0.643. The van der Waals surface area contributed by atoms with Crippen molar-refractivity contribution in [3.8, 4) is 0 Å². The quantitative estimate of drug-likeness (QED) is 0.614. The molecule has 0 aromatic heterocycles. The number of imide groups is 1. The van der Waals surface area contributed by atoms with E-state index in [0.717, 1.165) is 6.42 Å². The molecule has 0 aromatic carbocycles. The van der Waals surface area contributed by atoms with Gasteiger partial charge in [0.2, 0.25) is 11.8 Å². The Labute approximate surface area is 117 Å². The first-order valence-electron chi connectivity index (χ1n) is 7.03. The van der Waals surface area contributed by atoms with Crippen LogP contribution in [0.1, 0.15) is 20.3 Å². The van der Waals surface area contributed by atoms with Gasteiger partial charge in [0.05, 0.1) is 18.4 Å². The zero-order valence-corrected chi connectivity index (χ0v) is 11.5. The van der Waals surface area contributed by atoms with Crippen molar-refractivity contribution in [3.05, 3.63) is 12.2 Å². The predicted octanol–water partition coefficient (Wildman–Crippen LogP) is 0.886. The van der Waals surface area contributed by atoms with Crippen LogP contribution in [-0.2, 0) is 14.3 Å². The van der Waals surface area contributed by atoms with Crippen LogP contribution >= 0.6 is 0 Å². The molecule has 1 saturated carbocycles. The number of alkyl carbamates (subject to hydrolysis) is 1. The Morgan fingerprint density at radius 1 is 1.35 bits per heavy atom. The number of carbonyl (C=O) groups excluding carboxylic acids is 3. The van der Waals surface area contributed by atoms with Gasteiger partial charge in [0.25, 0.3) is 0 Å². The second kappa shape index (κ2) is 4.61. The van der Waals surface area contributed by atoms with Gasteiger partial charge in [-0.05, 0) is 32.1 Å². The van der Waals surface area contributed by atoms with Crippen molar-refractivity contribution in [1.82, 2.24) is 10.2 Å². The molecule has 3 rings (SSSR count). The number of ether oxygens (including phenoxy) is 1. The minimum Gasteiger partial charge on any atom is -0.450 e. The summed E-state index contributed by atoms with van der Waals surface area (Å²) < 4.78 is 4.78. The molecule has 5 atom stereocenters. The van der Waals surface area contributed by atoms with Gasteiger partial charge in [-0.15, -0.1) is 0 Å². The molecule has 6 nitrogen and oxygen atoms in total. The first-order chi connectivity index (χ1) is 9.54. The minimum absolute atomic E-state index is 0.166. The first-order valence-corrected chi connectivity index (χ1v) is 7.03. The van der Waals surface area contributed by atoms with E-state index in [1.807, 2.05) is 12.2 Å². The number of allylic oxidation sites excluding steroid dienone is 2. The van der Waals surface area contributed by atoms with Crippen LogP contribution in [0.25, 0.3) is 0 Å². The standard InChI is InChI=1S/C14H18N2O4/c1-3-20-14(19)15-7(2)16-12(17)10-8-4-5-9(6-8)11(10)13(16)18/h4-5,7-11H,3,6H2,1-2H3,(H,15,19)/t7-,8+,9+,10-,11+/m1/s1. The van der Waals surface area contributed by atoms with Gasteiger partial charge < -0.3 is 10.1 Å². The summed E-state index contributed by atoms with van der Waals surface area (Å²) in [6, 6.07) is 0. The van der Waals surface area contributed by atoms with Crippen LogP contribution in [0.15, 0.2) is 12.2 Å². The Morgan fingerprint density at radius 2 is 1.90 bits per heavy atom. The second-order valence-corrected chi connectivity index (χ2v) is 5.59. The first kappa shape index (κ1) is 13.1. The summed E-state index contributed by atoms with van der Waals surface area (Å²) >= 11 is 0. The van der Waals surface area contributed by atoms with E-state index in [9.17, 15) is 14.4 Å². The number of hydrogen-bond donors (Lipinski definition) is 1. The molecule has 1 N–H and O–H groups in total. The highest BCUT2D eigenvalue weighted by molar-refractivity contribution is 6.06. The maximum Gasteiger partial charge on any atom is 0.408 e. The number of likely N-dealkylation sites (tertiary alicyclic amines) is 1. The van der Waals surface area contributed by atoms with Crippen molar-refractivity contribution in [2.45, 2.75) is 26.4 Å². The van der Waals surface area contributed by atoms with E-state index < -0.39 is 12.3 Å². The monoisotopic (exact) mass is 278 g/mol. The molecule has 1 saturated heterocycles. The summed E-state index contributed by atoms with van der Waals surface area (Å²) in [5, 5.41) is 2.53. The Balaban J connectivity index is 1.74. The summed E-state index contributed by atoms with van der Waals surface area (Å²) in [6.45, 7) is 3.58. The molecule has 2 aliphatic carbocycles. The average Bonchev–Trinajstić information content (AvgIpc) is 3.03. The Kier molecular flexibility index (Phi) is 3.03. The molecule has 3 aliphatic rings. The summed E-state index contributed by atoms with van der Waals surface area (Å²) in [7, 11) is 0. The predicted molar refractivity (Wildman–Crippen MR) is 69.2 cm³/mol. The Morgan fingerprint density at radius 3 is 2.40 bits per heavy atom. The van der Waals surface area contributed by atoms with Gasteiger partial charge in [0, 0.05) is 0 Å². The maximum atomic E-state index is 12.4. The number of fused-ring (bicyclic) bond motifs is 5. The van der Waals surface area contributed by atoms with E-state index in [0.29, 0.717) is 0 Å². The Bertz CT molecular complexity index is 471. The third-order valence-corrected chi connectivity index (χ3v) is 4.49. The minimum atomic E-state index is -0.668. The zero-order chi connectivity index (χ0) is 14.4. The molecular formula is C14H18N2O4. The highest BCUT2D eigenvalue weighted by Gasteiger charge is 2.60. The van der Waals surface area contributed by atoms with Gasteiger partial charge in [0.15, 0.2) is 0 Å². The topological polar surface area (TPSA) is 75.7 Å². The molecule has 0 unspecified atom stereocenters. The lowest BCUT2D eigenvalue weighted by Crippen LogP contribution is -2.50. The van der Waals surface area contributed by atoms with Crippen LogP contribution in [0.3, 0.4) is 0 Å². The van der Waals surface area contributed by atoms with Crippen molar-refractivity contribution < 1.29 is 19.1 Å². The van der Waals surface area contributed by atoms with Crippen LogP contribution < -0.4 is 5.32 Å². The normalized spacial score (nSPS) is 35.4. The number of rotatable bonds is 3. The number of amides is 3. The summed E-state index contributed by atoms with van der Waals surface area (Å²) in [4.78, 5) is 37.5. The van der Waals surface area contributed by atoms with Crippen LogP contribution in [0.4, 0.5) is 4.79 Å². The molecule has 0 radical (unpaired) electrons. The van der Waals surface area contributed by atoms with Crippen molar-refractivity contribution in [2.24, 2.45) is 23.7 Å². The fourth-order valence-corrected chi connectivity index (χ4v) is 3.71. The van der Waals surface area contributed by atoms with E-state index in [1.165, 1.54) is 4.90 Å². The van der Waals surface area contributed by atoms with Gasteiger partial charge in [-0.1, -0.05) is 12.2 Å². The van der Waals surface area contributed by atoms with Crippen LogP contribution in [0.5, 0.6) is 0 Å². The second-order valence-electron chi connectivity index (χ2n) is 5.59. The fourth-order valence-electron chi connectivity index (χ4n) is 3.71. The molecule has 2 fully saturated rings. The van der Waals surface area contributed by atoms with Crippen molar-refractivity contribution in [1.29, 1.82) is 0 Å². The van der Waals surface area contributed by atoms with Crippen LogP contribution in [0.2, 0.25) is 0 Å². The van der Waals surface area contributed by atoms with E-state index in [4.69, 9.17) is 4.74 Å². The third-order valence-electron chi connectivity index (χ3n) is 4.49. The van der Waals surface area contributed by atoms with Gasteiger partial charge in [-0.3, -0.25) is 14.5 Å². The average molecular weight is 278 g/mol. The third kappa shape index (κ3) is 1.74. The molecule has 1 heterocycles. The lowest BCUT2D eigenvalue weighted by Gasteiger charge is -2.24. The molecule has 0 spiro atoms. The number of carbonyl (C=O) groups is 3. The lowest BCUT2D eigenvalue weighted by atomic mass is 9.85.